The first kappa shape index (κ1) is 29.3. The van der Waals surface area contributed by atoms with Crippen molar-refractivity contribution in [3.8, 4) is 5.75 Å². The number of ether oxygens (including phenoxy) is 2. The fourth-order valence-electron chi connectivity index (χ4n) is 3.72. The van der Waals surface area contributed by atoms with Gasteiger partial charge in [0.05, 0.1) is 24.8 Å². The Kier molecular flexibility index (Phi) is 14.5. The van der Waals surface area contributed by atoms with E-state index in [1.54, 1.807) is 13.1 Å². The number of benzene rings is 1. The Bertz CT molecular complexity index is 824. The van der Waals surface area contributed by atoms with Crippen LogP contribution in [0.5, 0.6) is 5.75 Å². The molecule has 0 saturated carbocycles. The number of carbonyl (C=O) groups is 2. The number of nitrogens with zero attached hydrogens (tertiary/aromatic N) is 2. The minimum atomic E-state index is -0.245. The standard InChI is InChI=1S/C22H28N2O2.C4H8O2.C2H6/c1-17-7-5-14-24(17)15-6-16-26-20-11-9-19(10-12-20)22(25)18(2)21-8-3-4-13-23-21;1-3-6-4(2)5;1-2/h3-4,8-13,17-18H,5-7,14-16H2,1-2H3;3H2,1-2H3;1-2H3/t17-,18?;;/m1../s1. The van der Waals surface area contributed by atoms with Crippen molar-refractivity contribution >= 4 is 11.8 Å². The van der Waals surface area contributed by atoms with Crippen molar-refractivity contribution in [1.29, 1.82) is 0 Å². The summed E-state index contributed by atoms with van der Waals surface area (Å²) >= 11 is 0. The van der Waals surface area contributed by atoms with Crippen LogP contribution in [0, 0.1) is 0 Å². The number of pyridine rings is 1. The van der Waals surface area contributed by atoms with Gasteiger partial charge in [-0.3, -0.25) is 14.6 Å². The second kappa shape index (κ2) is 16.8. The average molecular weight is 471 g/mol. The Labute approximate surface area is 205 Å². The van der Waals surface area contributed by atoms with Gasteiger partial charge in [-0.05, 0) is 83.0 Å². The molecule has 1 aliphatic rings. The van der Waals surface area contributed by atoms with Crippen molar-refractivity contribution in [2.24, 2.45) is 0 Å². The number of likely N-dealkylation sites (tertiary alicyclic amines) is 1. The summed E-state index contributed by atoms with van der Waals surface area (Å²) in [5, 5.41) is 0. The lowest BCUT2D eigenvalue weighted by atomic mass is 9.96. The molecular formula is C28H42N2O4. The highest BCUT2D eigenvalue weighted by atomic mass is 16.5. The molecule has 34 heavy (non-hydrogen) atoms. The average Bonchev–Trinajstić information content (AvgIpc) is 3.28. The Morgan fingerprint density at radius 3 is 2.35 bits per heavy atom. The van der Waals surface area contributed by atoms with Crippen LogP contribution in [0.1, 0.15) is 82.8 Å². The van der Waals surface area contributed by atoms with Crippen molar-refractivity contribution in [3.63, 3.8) is 0 Å². The van der Waals surface area contributed by atoms with E-state index in [1.165, 1.54) is 26.3 Å². The third-order valence-electron chi connectivity index (χ3n) is 5.56. The SMILES string of the molecule is CC.CC(C(=O)c1ccc(OCCCN2CCC[C@H]2C)cc1)c1ccccn1.CCOC(C)=O. The molecule has 1 aromatic carbocycles. The number of esters is 1. The predicted molar refractivity (Wildman–Crippen MR) is 137 cm³/mol. The van der Waals surface area contributed by atoms with E-state index in [2.05, 4.69) is 21.5 Å². The monoisotopic (exact) mass is 470 g/mol. The molecule has 1 aliphatic heterocycles. The predicted octanol–water partition coefficient (Wildman–Crippen LogP) is 5.92. The van der Waals surface area contributed by atoms with E-state index in [0.29, 0.717) is 24.8 Å². The Morgan fingerprint density at radius 1 is 1.15 bits per heavy atom. The van der Waals surface area contributed by atoms with Gasteiger partial charge in [0.1, 0.15) is 5.75 Å². The summed E-state index contributed by atoms with van der Waals surface area (Å²) in [4.78, 5) is 29.2. The van der Waals surface area contributed by atoms with Gasteiger partial charge in [0, 0.05) is 31.3 Å². The van der Waals surface area contributed by atoms with Gasteiger partial charge >= 0.3 is 5.97 Å². The van der Waals surface area contributed by atoms with Gasteiger partial charge in [-0.1, -0.05) is 19.9 Å². The van der Waals surface area contributed by atoms with E-state index < -0.39 is 0 Å². The molecule has 1 fully saturated rings. The third-order valence-corrected chi connectivity index (χ3v) is 5.56. The van der Waals surface area contributed by atoms with Gasteiger partial charge < -0.3 is 14.4 Å². The third kappa shape index (κ3) is 10.5. The summed E-state index contributed by atoms with van der Waals surface area (Å²) < 4.78 is 10.2. The Hall–Kier alpha value is -2.73. The quantitative estimate of drug-likeness (QED) is 0.258. The molecule has 1 saturated heterocycles. The zero-order chi connectivity index (χ0) is 25.3. The van der Waals surface area contributed by atoms with Crippen LogP contribution in [0.2, 0.25) is 0 Å². The van der Waals surface area contributed by atoms with Crippen LogP contribution in [0.3, 0.4) is 0 Å². The fourth-order valence-corrected chi connectivity index (χ4v) is 3.72. The second-order valence-corrected chi connectivity index (χ2v) is 8.02. The molecule has 6 heteroatoms. The van der Waals surface area contributed by atoms with Crippen molar-refractivity contribution in [2.75, 3.05) is 26.3 Å². The maximum Gasteiger partial charge on any atom is 0.302 e. The number of hydrogen-bond donors (Lipinski definition) is 0. The maximum absolute atomic E-state index is 12.6. The summed E-state index contributed by atoms with van der Waals surface area (Å²) in [5.74, 6) is 0.447. The Morgan fingerprint density at radius 2 is 1.85 bits per heavy atom. The first-order chi connectivity index (χ1) is 16.4. The smallest absolute Gasteiger partial charge is 0.302 e. The molecule has 1 unspecified atom stereocenters. The lowest BCUT2D eigenvalue weighted by Gasteiger charge is -2.20. The molecule has 2 aromatic rings. The number of ketones is 1. The van der Waals surface area contributed by atoms with Crippen molar-refractivity contribution in [2.45, 2.75) is 72.8 Å². The molecule has 0 spiro atoms. The highest BCUT2D eigenvalue weighted by molar-refractivity contribution is 6.00. The molecular weight excluding hydrogens is 428 g/mol. The van der Waals surface area contributed by atoms with Gasteiger partial charge in [-0.25, -0.2) is 0 Å². The van der Waals surface area contributed by atoms with Crippen molar-refractivity contribution < 1.29 is 19.1 Å². The summed E-state index contributed by atoms with van der Waals surface area (Å²) in [5.41, 5.74) is 1.50. The molecule has 2 heterocycles. The first-order valence-corrected chi connectivity index (χ1v) is 12.5. The molecule has 1 aromatic heterocycles. The molecule has 0 radical (unpaired) electrons. The largest absolute Gasteiger partial charge is 0.494 e. The molecule has 0 amide bonds. The van der Waals surface area contributed by atoms with Crippen LogP contribution < -0.4 is 4.74 Å². The van der Waals surface area contributed by atoms with Gasteiger partial charge in [0.2, 0.25) is 0 Å². The molecule has 6 nitrogen and oxygen atoms in total. The van der Waals surface area contributed by atoms with E-state index >= 15 is 0 Å². The van der Waals surface area contributed by atoms with Crippen LogP contribution in [0.4, 0.5) is 0 Å². The number of aromatic nitrogens is 1. The summed E-state index contributed by atoms with van der Waals surface area (Å²) in [6.45, 7) is 14.9. The second-order valence-electron chi connectivity index (χ2n) is 8.02. The van der Waals surface area contributed by atoms with Crippen LogP contribution in [0.15, 0.2) is 48.7 Å². The fraction of sp³-hybridized carbons (Fsp3) is 0.536. The molecule has 0 aliphatic carbocycles. The maximum atomic E-state index is 12.6. The molecule has 188 valence electrons. The highest BCUT2D eigenvalue weighted by Crippen LogP contribution is 2.21. The number of Topliss-reactive ketones (excluding diaryl/α,β-unsaturated/α-hetero) is 1. The summed E-state index contributed by atoms with van der Waals surface area (Å²) in [6, 6.07) is 13.8. The molecule has 0 N–H and O–H groups in total. The molecule has 0 bridgehead atoms. The minimum absolute atomic E-state index is 0.0817. The lowest BCUT2D eigenvalue weighted by Crippen LogP contribution is -2.28. The van der Waals surface area contributed by atoms with Gasteiger partial charge in [-0.2, -0.15) is 0 Å². The van der Waals surface area contributed by atoms with E-state index in [9.17, 15) is 9.59 Å². The minimum Gasteiger partial charge on any atom is -0.494 e. The zero-order valence-corrected chi connectivity index (χ0v) is 21.8. The van der Waals surface area contributed by atoms with Crippen LogP contribution >= 0.6 is 0 Å². The summed E-state index contributed by atoms with van der Waals surface area (Å²) in [7, 11) is 0. The van der Waals surface area contributed by atoms with E-state index in [-0.39, 0.29) is 17.7 Å². The number of carbonyl (C=O) groups excluding carboxylic acids is 2. The van der Waals surface area contributed by atoms with E-state index in [0.717, 1.165) is 24.4 Å². The molecule has 2 atom stereocenters. The number of hydrogen-bond acceptors (Lipinski definition) is 6. The normalized spacial score (nSPS) is 15.8. The zero-order valence-electron chi connectivity index (χ0n) is 21.8. The Balaban J connectivity index is 0.000000631. The summed E-state index contributed by atoms with van der Waals surface area (Å²) in [6.07, 6.45) is 5.38. The van der Waals surface area contributed by atoms with Crippen molar-refractivity contribution in [1.82, 2.24) is 9.88 Å². The van der Waals surface area contributed by atoms with E-state index in [1.807, 2.05) is 63.2 Å². The number of rotatable bonds is 9. The molecule has 3 rings (SSSR count). The van der Waals surface area contributed by atoms with E-state index in [4.69, 9.17) is 4.74 Å². The van der Waals surface area contributed by atoms with Gasteiger partial charge in [-0.15, -0.1) is 0 Å². The van der Waals surface area contributed by atoms with Gasteiger partial charge in [0.25, 0.3) is 0 Å². The topological polar surface area (TPSA) is 68.7 Å². The highest BCUT2D eigenvalue weighted by Gasteiger charge is 2.19. The lowest BCUT2D eigenvalue weighted by molar-refractivity contribution is -0.140. The van der Waals surface area contributed by atoms with Crippen LogP contribution in [-0.2, 0) is 9.53 Å². The van der Waals surface area contributed by atoms with Crippen LogP contribution in [-0.4, -0.2) is 54.0 Å². The van der Waals surface area contributed by atoms with Gasteiger partial charge in [0.15, 0.2) is 5.78 Å². The van der Waals surface area contributed by atoms with Crippen molar-refractivity contribution in [3.05, 3.63) is 59.9 Å². The van der Waals surface area contributed by atoms with Crippen LogP contribution in [0.25, 0.3) is 0 Å². The first-order valence-electron chi connectivity index (χ1n) is 12.5.